The van der Waals surface area contributed by atoms with E-state index in [-0.39, 0.29) is 12.1 Å². The molecule has 1 atom stereocenters. The van der Waals surface area contributed by atoms with Crippen molar-refractivity contribution < 1.29 is 23.5 Å². The Balaban J connectivity index is 1.79. The number of nitrogens with zero attached hydrogens (tertiary/aromatic N) is 2. The summed E-state index contributed by atoms with van der Waals surface area (Å²) in [6, 6.07) is 12.4. The van der Waals surface area contributed by atoms with Crippen molar-refractivity contribution in [1.29, 1.82) is 0 Å². The summed E-state index contributed by atoms with van der Waals surface area (Å²) in [5.74, 6) is 1.81. The van der Waals surface area contributed by atoms with Gasteiger partial charge in [-0.05, 0) is 55.7 Å². The molecule has 148 valence electrons. The van der Waals surface area contributed by atoms with E-state index in [0.717, 1.165) is 43.0 Å². The molecule has 28 heavy (non-hydrogen) atoms. The molecule has 2 aliphatic rings. The van der Waals surface area contributed by atoms with E-state index in [0.29, 0.717) is 12.3 Å². The third kappa shape index (κ3) is 3.11. The van der Waals surface area contributed by atoms with Gasteiger partial charge < -0.3 is 14.6 Å². The second kappa shape index (κ2) is 7.43. The van der Waals surface area contributed by atoms with Crippen molar-refractivity contribution in [3.63, 3.8) is 0 Å². The van der Waals surface area contributed by atoms with Gasteiger partial charge >= 0.3 is 0 Å². The monoisotopic (exact) mass is 385 g/mol. The minimum atomic E-state index is -1.42. The number of aliphatic hydroxyl groups is 1. The van der Waals surface area contributed by atoms with Crippen LogP contribution in [0.5, 0.6) is 11.5 Å². The Morgan fingerprint density at radius 2 is 1.71 bits per heavy atom. The zero-order valence-electron chi connectivity index (χ0n) is 16.3. The van der Waals surface area contributed by atoms with Crippen LogP contribution in [0.4, 0.5) is 10.1 Å². The van der Waals surface area contributed by atoms with Crippen LogP contribution >= 0.6 is 0 Å². The SMILES string of the molecule is COc1ccc(N2C[C@@](O)(c3ccc(OC)cc3F)[N+]3=C2CCCCC3)cc1. The quantitative estimate of drug-likeness (QED) is 0.819. The first-order valence-corrected chi connectivity index (χ1v) is 9.68. The van der Waals surface area contributed by atoms with Crippen LogP contribution in [0.15, 0.2) is 42.5 Å². The first-order valence-electron chi connectivity index (χ1n) is 9.68. The molecule has 0 saturated carbocycles. The van der Waals surface area contributed by atoms with Crippen molar-refractivity contribution in [2.45, 2.75) is 31.4 Å². The van der Waals surface area contributed by atoms with Gasteiger partial charge in [0.25, 0.3) is 11.6 Å². The maximum atomic E-state index is 14.9. The standard InChI is InChI=1S/C22H26FN2O3/c1-27-17-9-7-16(8-10-17)24-15-22(26,25-13-5-3-4-6-21(24)25)19-12-11-18(28-2)14-20(19)23/h7-12,14,26H,3-6,13,15H2,1-2H3/q+1/t22-/m1/s1. The maximum Gasteiger partial charge on any atom is 0.273 e. The van der Waals surface area contributed by atoms with Gasteiger partial charge in [-0.15, -0.1) is 0 Å². The number of hydrogen-bond acceptors (Lipinski definition) is 4. The molecule has 2 aromatic rings. The zero-order chi connectivity index (χ0) is 19.7. The molecule has 1 N–H and O–H groups in total. The van der Waals surface area contributed by atoms with Gasteiger partial charge in [0.1, 0.15) is 23.0 Å². The highest BCUT2D eigenvalue weighted by Gasteiger charge is 2.53. The first-order chi connectivity index (χ1) is 13.6. The molecule has 0 fully saturated rings. The normalized spacial score (nSPS) is 22.1. The van der Waals surface area contributed by atoms with Gasteiger partial charge in [-0.3, -0.25) is 0 Å². The van der Waals surface area contributed by atoms with Crippen molar-refractivity contribution >= 4 is 11.5 Å². The number of hydrogen-bond donors (Lipinski definition) is 1. The van der Waals surface area contributed by atoms with Crippen LogP contribution in [-0.4, -0.2) is 42.8 Å². The Labute approximate surface area is 164 Å². The molecule has 0 aliphatic carbocycles. The molecule has 0 radical (unpaired) electrons. The van der Waals surface area contributed by atoms with Gasteiger partial charge in [-0.1, -0.05) is 0 Å². The molecule has 2 heterocycles. The number of benzene rings is 2. The molecule has 5 nitrogen and oxygen atoms in total. The molecular formula is C22H26FN2O3+. The Hall–Kier alpha value is -2.60. The summed E-state index contributed by atoms with van der Waals surface area (Å²) in [7, 11) is 3.14. The Morgan fingerprint density at radius 3 is 2.39 bits per heavy atom. The largest absolute Gasteiger partial charge is 0.497 e. The lowest BCUT2D eigenvalue weighted by molar-refractivity contribution is -0.658. The summed E-state index contributed by atoms with van der Waals surface area (Å²) in [6.45, 7) is 0.974. The van der Waals surface area contributed by atoms with Crippen molar-refractivity contribution in [2.24, 2.45) is 0 Å². The molecule has 0 aromatic heterocycles. The lowest BCUT2D eigenvalue weighted by Crippen LogP contribution is -2.41. The van der Waals surface area contributed by atoms with Gasteiger partial charge in [0, 0.05) is 12.5 Å². The zero-order valence-corrected chi connectivity index (χ0v) is 16.3. The van der Waals surface area contributed by atoms with Crippen LogP contribution < -0.4 is 14.4 Å². The lowest BCUT2D eigenvalue weighted by Gasteiger charge is -2.24. The Kier molecular flexibility index (Phi) is 4.98. The van der Waals surface area contributed by atoms with E-state index in [1.54, 1.807) is 19.2 Å². The highest BCUT2D eigenvalue weighted by atomic mass is 19.1. The molecular weight excluding hydrogens is 359 g/mol. The summed E-state index contributed by atoms with van der Waals surface area (Å²) < 4.78 is 27.3. The molecule has 0 bridgehead atoms. The Morgan fingerprint density at radius 1 is 1.00 bits per heavy atom. The van der Waals surface area contributed by atoms with E-state index in [1.165, 1.54) is 13.2 Å². The van der Waals surface area contributed by atoms with Gasteiger partial charge in [0.15, 0.2) is 6.54 Å². The van der Waals surface area contributed by atoms with Crippen LogP contribution in [0.25, 0.3) is 0 Å². The van der Waals surface area contributed by atoms with Crippen molar-refractivity contribution in [1.82, 2.24) is 0 Å². The molecule has 2 aliphatic heterocycles. The molecule has 0 saturated heterocycles. The van der Waals surface area contributed by atoms with E-state index in [9.17, 15) is 9.50 Å². The van der Waals surface area contributed by atoms with Crippen LogP contribution in [0.3, 0.4) is 0 Å². The molecule has 2 aromatic carbocycles. The first kappa shape index (κ1) is 18.7. The van der Waals surface area contributed by atoms with Crippen LogP contribution in [0, 0.1) is 5.82 Å². The third-order valence-corrected chi connectivity index (χ3v) is 5.72. The highest BCUT2D eigenvalue weighted by Crippen LogP contribution is 2.37. The van der Waals surface area contributed by atoms with Gasteiger partial charge in [-0.25, -0.2) is 13.9 Å². The number of ether oxygens (including phenoxy) is 2. The molecule has 4 rings (SSSR count). The maximum absolute atomic E-state index is 14.9. The van der Waals surface area contributed by atoms with E-state index in [2.05, 4.69) is 4.90 Å². The summed E-state index contributed by atoms with van der Waals surface area (Å²) in [4.78, 5) is 2.11. The predicted octanol–water partition coefficient (Wildman–Crippen LogP) is 3.49. The fourth-order valence-electron chi connectivity index (χ4n) is 4.25. The fraction of sp³-hybridized carbons (Fsp3) is 0.409. The van der Waals surface area contributed by atoms with Crippen molar-refractivity contribution in [3.05, 3.63) is 53.8 Å². The number of β-amino-alcohol motifs (C(OH)–C–C–N with tert-alkyl or cyclic N) is 1. The van der Waals surface area contributed by atoms with E-state index in [4.69, 9.17) is 9.47 Å². The van der Waals surface area contributed by atoms with Crippen LogP contribution in [0.2, 0.25) is 0 Å². The smallest absolute Gasteiger partial charge is 0.273 e. The second-order valence-electron chi connectivity index (χ2n) is 7.33. The predicted molar refractivity (Wildman–Crippen MR) is 106 cm³/mol. The lowest BCUT2D eigenvalue weighted by atomic mass is 10.0. The van der Waals surface area contributed by atoms with Crippen LogP contribution in [-0.2, 0) is 5.72 Å². The number of anilines is 1. The van der Waals surface area contributed by atoms with E-state index < -0.39 is 11.5 Å². The van der Waals surface area contributed by atoms with Crippen molar-refractivity contribution in [3.8, 4) is 11.5 Å². The van der Waals surface area contributed by atoms with E-state index >= 15 is 0 Å². The fourth-order valence-corrected chi connectivity index (χ4v) is 4.25. The summed E-state index contributed by atoms with van der Waals surface area (Å²) in [5.41, 5.74) is -0.174. The number of rotatable bonds is 4. The molecule has 0 unspecified atom stereocenters. The molecule has 6 heteroatoms. The average Bonchev–Trinajstić information content (AvgIpc) is 2.87. The Bertz CT molecular complexity index is 897. The number of amidine groups is 1. The summed E-state index contributed by atoms with van der Waals surface area (Å²) >= 11 is 0. The minimum absolute atomic E-state index is 0.276. The highest BCUT2D eigenvalue weighted by molar-refractivity contribution is 5.96. The van der Waals surface area contributed by atoms with Crippen molar-refractivity contribution in [2.75, 3.05) is 32.2 Å². The number of methoxy groups -OCH3 is 2. The van der Waals surface area contributed by atoms with Crippen LogP contribution in [0.1, 0.15) is 31.2 Å². The number of halogens is 1. The second-order valence-corrected chi connectivity index (χ2v) is 7.33. The minimum Gasteiger partial charge on any atom is -0.497 e. The average molecular weight is 385 g/mol. The van der Waals surface area contributed by atoms with Gasteiger partial charge in [-0.2, -0.15) is 0 Å². The van der Waals surface area contributed by atoms with Gasteiger partial charge in [0.2, 0.25) is 0 Å². The molecule has 0 spiro atoms. The van der Waals surface area contributed by atoms with E-state index in [1.807, 2.05) is 28.8 Å². The topological polar surface area (TPSA) is 44.9 Å². The third-order valence-electron chi connectivity index (χ3n) is 5.72. The summed E-state index contributed by atoms with van der Waals surface area (Å²) in [5, 5.41) is 11.7. The molecule has 0 amide bonds. The summed E-state index contributed by atoms with van der Waals surface area (Å²) in [6.07, 6.45) is 3.98. The van der Waals surface area contributed by atoms with Gasteiger partial charge in [0.05, 0.1) is 26.3 Å².